The molecule has 10 rings (SSSR count). The van der Waals surface area contributed by atoms with Crippen LogP contribution in [0.2, 0.25) is 0 Å². The van der Waals surface area contributed by atoms with Gasteiger partial charge in [0.25, 0.3) is 0 Å². The minimum Gasteiger partial charge on any atom is -0.261 e. The van der Waals surface area contributed by atoms with Gasteiger partial charge in [0.15, 0.2) is 0 Å². The summed E-state index contributed by atoms with van der Waals surface area (Å²) in [6, 6.07) is 43.8. The molecular weight excluding hydrogens is 617 g/mol. The Morgan fingerprint density at radius 3 is 1.39 bits per heavy atom. The van der Waals surface area contributed by atoms with Crippen LogP contribution in [-0.2, 0) is 16.2 Å². The summed E-state index contributed by atoms with van der Waals surface area (Å²) < 4.78 is 0. The van der Waals surface area contributed by atoms with Gasteiger partial charge in [-0.1, -0.05) is 126 Å². The van der Waals surface area contributed by atoms with Gasteiger partial charge in [0.1, 0.15) is 0 Å². The molecule has 6 aromatic carbocycles. The standard InChI is InChI=1S/C49H40N2/c1-47(2)40-24-33(13-17-36(40)37-18-16-35(27-41(37)47)44-28-50-21-22-51-44)34-15-20-39-43(26-34)49(5,6)45-38-19-14-32(25-42(38)48(3,4)46(39)45)31-12-11-29-9-7-8-10-30(29)23-31/h7-28H,1-6H3. The molecule has 0 spiro atoms. The van der Waals surface area contributed by atoms with Gasteiger partial charge in [0.05, 0.1) is 11.9 Å². The van der Waals surface area contributed by atoms with Crippen LogP contribution in [0.5, 0.6) is 0 Å². The second-order valence-corrected chi connectivity index (χ2v) is 16.3. The second-order valence-electron chi connectivity index (χ2n) is 16.3. The third-order valence-electron chi connectivity index (χ3n) is 12.4. The Kier molecular flexibility index (Phi) is 6.07. The summed E-state index contributed by atoms with van der Waals surface area (Å²) >= 11 is 0. The first-order chi connectivity index (χ1) is 24.5. The van der Waals surface area contributed by atoms with E-state index in [4.69, 9.17) is 0 Å². The Hall–Kier alpha value is -5.60. The zero-order valence-electron chi connectivity index (χ0n) is 30.1. The minimum atomic E-state index is -0.128. The average molecular weight is 657 g/mol. The van der Waals surface area contributed by atoms with Crippen molar-refractivity contribution in [2.45, 2.75) is 57.8 Å². The van der Waals surface area contributed by atoms with Crippen molar-refractivity contribution in [1.29, 1.82) is 0 Å². The van der Waals surface area contributed by atoms with Crippen molar-refractivity contribution in [2.75, 3.05) is 0 Å². The molecule has 2 heteroatoms. The molecule has 0 atom stereocenters. The molecule has 2 nitrogen and oxygen atoms in total. The van der Waals surface area contributed by atoms with Gasteiger partial charge >= 0.3 is 0 Å². The fraction of sp³-hybridized carbons (Fsp3) is 0.184. The van der Waals surface area contributed by atoms with Gasteiger partial charge in [-0.2, -0.15) is 0 Å². The van der Waals surface area contributed by atoms with Gasteiger partial charge in [0, 0.05) is 34.2 Å². The number of nitrogens with zero attached hydrogens (tertiary/aromatic N) is 2. The molecule has 0 saturated heterocycles. The molecule has 7 aromatic rings. The summed E-state index contributed by atoms with van der Waals surface area (Å²) in [4.78, 5) is 8.87. The normalized spacial score (nSPS) is 16.8. The van der Waals surface area contributed by atoms with E-state index in [0.29, 0.717) is 0 Å². The second kappa shape index (κ2) is 10.2. The van der Waals surface area contributed by atoms with Crippen LogP contribution in [0.3, 0.4) is 0 Å². The third kappa shape index (κ3) is 4.17. The van der Waals surface area contributed by atoms with E-state index >= 15 is 0 Å². The fourth-order valence-electron chi connectivity index (χ4n) is 9.65. The van der Waals surface area contributed by atoms with Crippen LogP contribution in [0.25, 0.3) is 66.6 Å². The maximum Gasteiger partial charge on any atom is 0.0885 e. The molecule has 246 valence electrons. The Labute approximate surface area is 300 Å². The molecule has 51 heavy (non-hydrogen) atoms. The van der Waals surface area contributed by atoms with E-state index in [-0.39, 0.29) is 16.2 Å². The topological polar surface area (TPSA) is 25.8 Å². The minimum absolute atomic E-state index is 0.102. The van der Waals surface area contributed by atoms with Crippen LogP contribution >= 0.6 is 0 Å². The molecule has 0 amide bonds. The molecule has 0 radical (unpaired) electrons. The van der Waals surface area contributed by atoms with E-state index in [1.807, 2.05) is 6.20 Å². The Bertz CT molecular complexity index is 2650. The lowest BCUT2D eigenvalue weighted by Crippen LogP contribution is -2.19. The first kappa shape index (κ1) is 30.2. The van der Waals surface area contributed by atoms with Gasteiger partial charge in [-0.05, 0) is 119 Å². The van der Waals surface area contributed by atoms with E-state index in [0.717, 1.165) is 11.3 Å². The van der Waals surface area contributed by atoms with Crippen LogP contribution < -0.4 is 0 Å². The number of aromatic nitrogens is 2. The summed E-state index contributed by atoms with van der Waals surface area (Å²) in [5.74, 6) is 0. The van der Waals surface area contributed by atoms with Crippen LogP contribution in [0.15, 0.2) is 134 Å². The van der Waals surface area contributed by atoms with Crippen molar-refractivity contribution in [3.8, 4) is 44.6 Å². The molecule has 1 aromatic heterocycles. The summed E-state index contributed by atoms with van der Waals surface area (Å²) in [6.45, 7) is 14.4. The molecule has 3 aliphatic carbocycles. The van der Waals surface area contributed by atoms with Gasteiger partial charge in [0.2, 0.25) is 0 Å². The van der Waals surface area contributed by atoms with Crippen molar-refractivity contribution in [3.63, 3.8) is 0 Å². The molecule has 0 fully saturated rings. The highest BCUT2D eigenvalue weighted by atomic mass is 14.8. The quantitative estimate of drug-likeness (QED) is 0.189. The lowest BCUT2D eigenvalue weighted by molar-refractivity contribution is 0.661. The number of rotatable bonds is 3. The Balaban J connectivity index is 1.01. The highest BCUT2D eigenvalue weighted by molar-refractivity contribution is 6.10. The van der Waals surface area contributed by atoms with Crippen molar-refractivity contribution >= 4 is 21.9 Å². The summed E-state index contributed by atoms with van der Waals surface area (Å²) in [6.07, 6.45) is 5.34. The molecule has 0 saturated carbocycles. The highest BCUT2D eigenvalue weighted by Gasteiger charge is 2.49. The van der Waals surface area contributed by atoms with Crippen LogP contribution in [0.1, 0.15) is 74.9 Å². The molecular formula is C49H40N2. The van der Waals surface area contributed by atoms with Gasteiger partial charge in [-0.25, -0.2) is 0 Å². The van der Waals surface area contributed by atoms with Crippen LogP contribution in [0, 0.1) is 0 Å². The molecule has 0 bridgehead atoms. The Morgan fingerprint density at radius 1 is 0.392 bits per heavy atom. The van der Waals surface area contributed by atoms with Gasteiger partial charge < -0.3 is 0 Å². The predicted octanol–water partition coefficient (Wildman–Crippen LogP) is 12.4. The highest BCUT2D eigenvalue weighted by Crippen LogP contribution is 2.63. The number of fused-ring (bicyclic) bond motifs is 8. The Morgan fingerprint density at radius 2 is 0.843 bits per heavy atom. The maximum atomic E-state index is 4.57. The summed E-state index contributed by atoms with van der Waals surface area (Å²) in [5.41, 5.74) is 20.8. The molecule has 1 heterocycles. The average Bonchev–Trinajstić information content (AvgIpc) is 3.64. The van der Waals surface area contributed by atoms with E-state index in [9.17, 15) is 0 Å². The van der Waals surface area contributed by atoms with Crippen LogP contribution in [0.4, 0.5) is 0 Å². The zero-order valence-corrected chi connectivity index (χ0v) is 30.1. The van der Waals surface area contributed by atoms with E-state index in [1.165, 1.54) is 88.7 Å². The molecule has 0 N–H and O–H groups in total. The lowest BCUT2D eigenvalue weighted by atomic mass is 9.74. The van der Waals surface area contributed by atoms with Crippen LogP contribution in [-0.4, -0.2) is 9.97 Å². The monoisotopic (exact) mass is 656 g/mol. The lowest BCUT2D eigenvalue weighted by Gasteiger charge is -2.29. The van der Waals surface area contributed by atoms with E-state index in [2.05, 4.69) is 167 Å². The predicted molar refractivity (Wildman–Crippen MR) is 213 cm³/mol. The fourth-order valence-corrected chi connectivity index (χ4v) is 9.65. The van der Waals surface area contributed by atoms with Crippen molar-refractivity contribution in [3.05, 3.63) is 167 Å². The van der Waals surface area contributed by atoms with Crippen molar-refractivity contribution in [1.82, 2.24) is 9.97 Å². The smallest absolute Gasteiger partial charge is 0.0885 e. The maximum absolute atomic E-state index is 4.57. The van der Waals surface area contributed by atoms with E-state index in [1.54, 1.807) is 12.4 Å². The van der Waals surface area contributed by atoms with Gasteiger partial charge in [-0.3, -0.25) is 9.97 Å². The van der Waals surface area contributed by atoms with Gasteiger partial charge in [-0.15, -0.1) is 0 Å². The number of hydrogen-bond donors (Lipinski definition) is 0. The SMILES string of the molecule is CC1(C)C2=C(c3ccc(-c4ccc5c(c4)C(C)(C)c4cc(-c6cnccn6)ccc4-5)cc31)C(C)(C)c1cc(-c3ccc4ccccc4c3)ccc12. The van der Waals surface area contributed by atoms with Crippen molar-refractivity contribution in [2.24, 2.45) is 0 Å². The summed E-state index contributed by atoms with van der Waals surface area (Å²) in [7, 11) is 0. The first-order valence-corrected chi connectivity index (χ1v) is 18.1. The molecule has 3 aliphatic rings. The van der Waals surface area contributed by atoms with Crippen molar-refractivity contribution < 1.29 is 0 Å². The zero-order chi connectivity index (χ0) is 34.9. The first-order valence-electron chi connectivity index (χ1n) is 18.1. The van der Waals surface area contributed by atoms with E-state index < -0.39 is 0 Å². The molecule has 0 aliphatic heterocycles. The summed E-state index contributed by atoms with van der Waals surface area (Å²) in [5, 5.41) is 2.56. The number of allylic oxidation sites excluding steroid dienone is 2. The number of benzene rings is 6. The third-order valence-corrected chi connectivity index (χ3v) is 12.4. The largest absolute Gasteiger partial charge is 0.261 e. The number of hydrogen-bond acceptors (Lipinski definition) is 2. The molecule has 0 unspecified atom stereocenters.